The van der Waals surface area contributed by atoms with Gasteiger partial charge in [-0.25, -0.2) is 4.79 Å². The third kappa shape index (κ3) is 7.87. The van der Waals surface area contributed by atoms with Crippen LogP contribution in [0.3, 0.4) is 0 Å². The fourth-order valence-corrected chi connectivity index (χ4v) is 3.56. The molecule has 12 heteroatoms. The number of aromatic nitrogens is 1. The second-order valence-corrected chi connectivity index (χ2v) is 8.09. The molecule has 1 aromatic carbocycles. The highest BCUT2D eigenvalue weighted by Crippen LogP contribution is 2.35. The molecular formula is C22H27Cl3FN3O5. The number of nitrogens with two attached hydrogens (primary N) is 1. The number of anilines is 2. The molecular weight excluding hydrogens is 512 g/mol. The first-order valence-electron chi connectivity index (χ1n) is 10.1. The number of methoxy groups -OCH3 is 1. The van der Waals surface area contributed by atoms with Gasteiger partial charge in [-0.3, -0.25) is 4.79 Å². The van der Waals surface area contributed by atoms with Crippen LogP contribution in [-0.2, 0) is 20.7 Å². The average molecular weight is 539 g/mol. The number of para-hydroxylation sites is 1. The van der Waals surface area contributed by atoms with Crippen molar-refractivity contribution in [1.82, 2.24) is 4.98 Å². The highest BCUT2D eigenvalue weighted by atomic mass is 35.5. The van der Waals surface area contributed by atoms with Gasteiger partial charge in [0.05, 0.1) is 24.0 Å². The second kappa shape index (κ2) is 14.2. The topological polar surface area (TPSA) is 115 Å². The van der Waals surface area contributed by atoms with Gasteiger partial charge in [0.1, 0.15) is 15.9 Å². The average Bonchev–Trinajstić information content (AvgIpc) is 2.80. The number of rotatable bonds is 9. The van der Waals surface area contributed by atoms with E-state index in [-0.39, 0.29) is 28.5 Å². The quantitative estimate of drug-likeness (QED) is 0.350. The number of benzene rings is 1. The van der Waals surface area contributed by atoms with Gasteiger partial charge in [-0.05, 0) is 31.4 Å². The number of carboxylic acid groups (broad SMARTS) is 1. The number of ether oxygens (including phenoxy) is 2. The van der Waals surface area contributed by atoms with Crippen molar-refractivity contribution >= 4 is 58.1 Å². The fraction of sp³-hybridized carbons (Fsp3) is 0.409. The van der Waals surface area contributed by atoms with Crippen LogP contribution in [0.4, 0.5) is 15.8 Å². The van der Waals surface area contributed by atoms with Gasteiger partial charge in [-0.15, -0.1) is 11.6 Å². The lowest BCUT2D eigenvalue weighted by molar-refractivity contribution is -0.139. The van der Waals surface area contributed by atoms with Crippen molar-refractivity contribution in [1.29, 1.82) is 0 Å². The second-order valence-electron chi connectivity index (χ2n) is 7.07. The molecule has 0 aliphatic carbocycles. The number of hydrogen-bond acceptors (Lipinski definition) is 6. The van der Waals surface area contributed by atoms with Gasteiger partial charge in [-0.2, -0.15) is 9.37 Å². The molecule has 2 aromatic rings. The van der Waals surface area contributed by atoms with E-state index in [1.54, 1.807) is 12.0 Å². The van der Waals surface area contributed by atoms with Crippen LogP contribution in [0.25, 0.3) is 0 Å². The summed E-state index contributed by atoms with van der Waals surface area (Å²) < 4.78 is 22.7. The summed E-state index contributed by atoms with van der Waals surface area (Å²) >= 11 is 16.8. The SMILES string of the molecule is CCc1cccc(C)c1N(C(=O)CCl)C(C)COC.Nc1c(Cl)c(F)nc(OCC(=O)O)c1Cl. The van der Waals surface area contributed by atoms with E-state index in [0.29, 0.717) is 6.61 Å². The lowest BCUT2D eigenvalue weighted by atomic mass is 10.0. The summed E-state index contributed by atoms with van der Waals surface area (Å²) in [6, 6.07) is 6.05. The van der Waals surface area contributed by atoms with Crippen molar-refractivity contribution < 1.29 is 28.6 Å². The van der Waals surface area contributed by atoms with E-state index in [4.69, 9.17) is 50.4 Å². The van der Waals surface area contributed by atoms with Gasteiger partial charge in [-0.1, -0.05) is 48.3 Å². The third-order valence-electron chi connectivity index (χ3n) is 4.55. The monoisotopic (exact) mass is 537 g/mol. The zero-order valence-electron chi connectivity index (χ0n) is 19.2. The number of carboxylic acids is 1. The van der Waals surface area contributed by atoms with Crippen LogP contribution in [0.5, 0.6) is 5.88 Å². The van der Waals surface area contributed by atoms with E-state index < -0.39 is 29.4 Å². The number of carbonyl (C=O) groups is 2. The molecule has 1 amide bonds. The Hall–Kier alpha value is -2.33. The Labute approximate surface area is 212 Å². The first kappa shape index (κ1) is 29.7. The molecule has 0 fully saturated rings. The van der Waals surface area contributed by atoms with Gasteiger partial charge in [0.2, 0.25) is 17.7 Å². The van der Waals surface area contributed by atoms with Crippen LogP contribution in [0.15, 0.2) is 18.2 Å². The van der Waals surface area contributed by atoms with Crippen molar-refractivity contribution in [2.75, 3.05) is 36.8 Å². The number of pyridine rings is 1. The molecule has 0 saturated carbocycles. The summed E-state index contributed by atoms with van der Waals surface area (Å²) in [6.45, 7) is 5.86. The molecule has 188 valence electrons. The predicted octanol–water partition coefficient (Wildman–Crippen LogP) is 4.74. The van der Waals surface area contributed by atoms with Crippen LogP contribution >= 0.6 is 34.8 Å². The molecule has 0 radical (unpaired) electrons. The number of aryl methyl sites for hydroxylation is 2. The summed E-state index contributed by atoms with van der Waals surface area (Å²) in [7, 11) is 1.64. The van der Waals surface area contributed by atoms with E-state index >= 15 is 0 Å². The Morgan fingerprint density at radius 3 is 2.47 bits per heavy atom. The Bertz CT molecular complexity index is 1010. The van der Waals surface area contributed by atoms with Crippen molar-refractivity contribution in [2.24, 2.45) is 0 Å². The summed E-state index contributed by atoms with van der Waals surface area (Å²) in [5.41, 5.74) is 8.28. The summed E-state index contributed by atoms with van der Waals surface area (Å²) in [6.07, 6.45) is 0.878. The molecule has 0 aliphatic rings. The molecule has 8 nitrogen and oxygen atoms in total. The number of aliphatic carboxylic acids is 1. The highest BCUT2D eigenvalue weighted by Gasteiger charge is 2.24. The summed E-state index contributed by atoms with van der Waals surface area (Å²) in [5.74, 6) is -2.83. The van der Waals surface area contributed by atoms with E-state index in [1.807, 2.05) is 26.0 Å². The highest BCUT2D eigenvalue weighted by molar-refractivity contribution is 6.39. The maximum Gasteiger partial charge on any atom is 0.341 e. The number of carbonyl (C=O) groups excluding carboxylic acids is 1. The number of nitrogens with zero attached hydrogens (tertiary/aromatic N) is 2. The first-order chi connectivity index (χ1) is 16.0. The van der Waals surface area contributed by atoms with Crippen LogP contribution < -0.4 is 15.4 Å². The Morgan fingerprint density at radius 1 is 1.29 bits per heavy atom. The molecule has 3 N–H and O–H groups in total. The molecule has 0 aliphatic heterocycles. The van der Waals surface area contributed by atoms with E-state index in [1.165, 1.54) is 0 Å². The summed E-state index contributed by atoms with van der Waals surface area (Å²) in [5, 5.41) is 7.66. The Kier molecular flexibility index (Phi) is 12.4. The zero-order valence-corrected chi connectivity index (χ0v) is 21.5. The van der Waals surface area contributed by atoms with E-state index in [0.717, 1.165) is 23.2 Å². The molecule has 1 unspecified atom stereocenters. The van der Waals surface area contributed by atoms with Gasteiger partial charge >= 0.3 is 5.97 Å². The zero-order chi connectivity index (χ0) is 26.0. The Balaban J connectivity index is 0.000000350. The molecule has 2 rings (SSSR count). The maximum atomic E-state index is 12.9. The smallest absolute Gasteiger partial charge is 0.341 e. The first-order valence-corrected chi connectivity index (χ1v) is 11.4. The minimum atomic E-state index is -1.25. The van der Waals surface area contributed by atoms with Crippen molar-refractivity contribution in [2.45, 2.75) is 33.2 Å². The number of nitrogen functional groups attached to an aromatic ring is 1. The lowest BCUT2D eigenvalue weighted by Gasteiger charge is -2.31. The predicted molar refractivity (Wildman–Crippen MR) is 132 cm³/mol. The molecule has 0 saturated heterocycles. The molecule has 34 heavy (non-hydrogen) atoms. The molecule has 1 atom stereocenters. The number of alkyl halides is 1. The normalized spacial score (nSPS) is 11.3. The molecule has 1 heterocycles. The standard InChI is InChI=1S/C15H22ClNO2.C7H5Cl2FN2O3/c1-5-13-8-6-7-11(2)15(13)17(14(18)9-16)12(3)10-19-4;8-3-5(11)4(9)7(12-6(3)10)15-1-2(13)14/h6-8,12H,5,9-10H2,1-4H3;1H2,(H2,11,12)(H,13,14). The minimum Gasteiger partial charge on any atom is -0.479 e. The lowest BCUT2D eigenvalue weighted by Crippen LogP contribution is -2.43. The fourth-order valence-electron chi connectivity index (χ4n) is 3.06. The molecule has 0 bridgehead atoms. The van der Waals surface area contributed by atoms with Crippen molar-refractivity contribution in [3.63, 3.8) is 0 Å². The summed E-state index contributed by atoms with van der Waals surface area (Å²) in [4.78, 5) is 27.3. The minimum absolute atomic E-state index is 0.0223. The van der Waals surface area contributed by atoms with Crippen molar-refractivity contribution in [3.8, 4) is 5.88 Å². The number of amides is 1. The molecule has 0 spiro atoms. The largest absolute Gasteiger partial charge is 0.479 e. The third-order valence-corrected chi connectivity index (χ3v) is 5.50. The van der Waals surface area contributed by atoms with Gasteiger partial charge in [0, 0.05) is 7.11 Å². The van der Waals surface area contributed by atoms with Gasteiger partial charge in [0.15, 0.2) is 6.61 Å². The van der Waals surface area contributed by atoms with Crippen LogP contribution in [0.2, 0.25) is 10.0 Å². The van der Waals surface area contributed by atoms with Crippen LogP contribution in [0.1, 0.15) is 25.0 Å². The molecule has 1 aromatic heterocycles. The van der Waals surface area contributed by atoms with Crippen LogP contribution in [-0.4, -0.2) is 54.2 Å². The maximum absolute atomic E-state index is 12.9. The van der Waals surface area contributed by atoms with Crippen LogP contribution in [0, 0.1) is 12.9 Å². The van der Waals surface area contributed by atoms with Gasteiger partial charge < -0.3 is 25.2 Å². The van der Waals surface area contributed by atoms with Crippen molar-refractivity contribution in [3.05, 3.63) is 45.3 Å². The number of hydrogen-bond donors (Lipinski definition) is 2. The van der Waals surface area contributed by atoms with Gasteiger partial charge in [0.25, 0.3) is 0 Å². The number of halogens is 4. The van der Waals surface area contributed by atoms with E-state index in [2.05, 4.69) is 22.7 Å². The Morgan fingerprint density at radius 2 is 1.94 bits per heavy atom. The van der Waals surface area contributed by atoms with E-state index in [9.17, 15) is 14.0 Å².